The summed E-state index contributed by atoms with van der Waals surface area (Å²) in [5.41, 5.74) is -0.493. The summed E-state index contributed by atoms with van der Waals surface area (Å²) >= 11 is 0. The molecule has 0 unspecified atom stereocenters. The molecule has 0 aromatic rings. The number of hydrogen-bond acceptors (Lipinski definition) is 5. The van der Waals surface area contributed by atoms with Gasteiger partial charge in [-0.05, 0) is 34.9 Å². The second-order valence-electron chi connectivity index (χ2n) is 6.85. The molecule has 2 amide bonds. The maximum atomic E-state index is 12.2. The van der Waals surface area contributed by atoms with Gasteiger partial charge in [0.1, 0.15) is 5.60 Å². The molecule has 1 saturated heterocycles. The lowest BCUT2D eigenvalue weighted by Gasteiger charge is -2.33. The first-order valence-electron chi connectivity index (χ1n) is 7.79. The SMILES string of the molecule is CN1CCN(C(=O)CN(C)CCNC(=O)OC(C)(C)C)CC1. The van der Waals surface area contributed by atoms with E-state index in [9.17, 15) is 9.59 Å². The van der Waals surface area contributed by atoms with Crippen molar-refractivity contribution in [2.75, 3.05) is 59.9 Å². The molecule has 0 spiro atoms. The van der Waals surface area contributed by atoms with E-state index in [-0.39, 0.29) is 5.91 Å². The Balaban J connectivity index is 2.19. The van der Waals surface area contributed by atoms with Gasteiger partial charge in [0.25, 0.3) is 0 Å². The number of carbonyl (C=O) groups is 2. The van der Waals surface area contributed by atoms with E-state index in [0.29, 0.717) is 19.6 Å². The molecule has 0 aromatic heterocycles. The van der Waals surface area contributed by atoms with Gasteiger partial charge < -0.3 is 19.9 Å². The van der Waals surface area contributed by atoms with E-state index < -0.39 is 11.7 Å². The molecule has 0 saturated carbocycles. The van der Waals surface area contributed by atoms with Crippen LogP contribution in [0.15, 0.2) is 0 Å². The first-order chi connectivity index (χ1) is 10.2. The number of hydrogen-bond donors (Lipinski definition) is 1. The van der Waals surface area contributed by atoms with Crippen molar-refractivity contribution in [3.63, 3.8) is 0 Å². The van der Waals surface area contributed by atoms with Gasteiger partial charge in [0.2, 0.25) is 5.91 Å². The number of piperazine rings is 1. The Morgan fingerprint density at radius 1 is 1.18 bits per heavy atom. The minimum Gasteiger partial charge on any atom is -0.444 e. The maximum Gasteiger partial charge on any atom is 0.407 e. The molecule has 1 fully saturated rings. The monoisotopic (exact) mass is 314 g/mol. The van der Waals surface area contributed by atoms with Crippen molar-refractivity contribution in [1.29, 1.82) is 0 Å². The molecule has 0 aliphatic carbocycles. The molecule has 1 heterocycles. The van der Waals surface area contributed by atoms with Crippen LogP contribution < -0.4 is 5.32 Å². The molecule has 1 aliphatic rings. The highest BCUT2D eigenvalue weighted by molar-refractivity contribution is 5.78. The normalized spacial score (nSPS) is 16.7. The second kappa shape index (κ2) is 8.33. The highest BCUT2D eigenvalue weighted by Gasteiger charge is 2.20. The van der Waals surface area contributed by atoms with Crippen molar-refractivity contribution in [2.45, 2.75) is 26.4 Å². The van der Waals surface area contributed by atoms with Gasteiger partial charge in [0.05, 0.1) is 6.54 Å². The molecule has 7 heteroatoms. The summed E-state index contributed by atoms with van der Waals surface area (Å²) < 4.78 is 5.16. The van der Waals surface area contributed by atoms with E-state index >= 15 is 0 Å². The zero-order valence-electron chi connectivity index (χ0n) is 14.5. The third kappa shape index (κ3) is 7.61. The van der Waals surface area contributed by atoms with Crippen LogP contribution in [-0.2, 0) is 9.53 Å². The van der Waals surface area contributed by atoms with Crippen LogP contribution in [-0.4, -0.2) is 92.2 Å². The van der Waals surface area contributed by atoms with Crippen LogP contribution in [0.2, 0.25) is 0 Å². The Labute approximate surface area is 133 Å². The van der Waals surface area contributed by atoms with Crippen LogP contribution in [0.5, 0.6) is 0 Å². The molecular formula is C15H30N4O3. The predicted octanol–water partition coefficient (Wildman–Crippen LogP) is 0.217. The maximum absolute atomic E-state index is 12.2. The summed E-state index contributed by atoms with van der Waals surface area (Å²) in [6.45, 7) is 10.4. The zero-order valence-corrected chi connectivity index (χ0v) is 14.5. The molecule has 0 atom stereocenters. The van der Waals surface area contributed by atoms with E-state index in [1.165, 1.54) is 0 Å². The van der Waals surface area contributed by atoms with Gasteiger partial charge in [-0.25, -0.2) is 4.79 Å². The van der Waals surface area contributed by atoms with Crippen LogP contribution in [0.25, 0.3) is 0 Å². The molecule has 22 heavy (non-hydrogen) atoms. The molecule has 7 nitrogen and oxygen atoms in total. The highest BCUT2D eigenvalue weighted by Crippen LogP contribution is 2.06. The van der Waals surface area contributed by atoms with Crippen molar-refractivity contribution in [3.05, 3.63) is 0 Å². The molecule has 1 rings (SSSR count). The molecule has 128 valence electrons. The van der Waals surface area contributed by atoms with Crippen molar-refractivity contribution in [1.82, 2.24) is 20.0 Å². The standard InChI is InChI=1S/C15H30N4O3/c1-15(2,3)22-14(21)16-6-7-18(5)12-13(20)19-10-8-17(4)9-11-19/h6-12H2,1-5H3,(H,16,21). The number of rotatable bonds is 5. The van der Waals surface area contributed by atoms with Crippen molar-refractivity contribution in [3.8, 4) is 0 Å². The van der Waals surface area contributed by atoms with Gasteiger partial charge in [-0.1, -0.05) is 0 Å². The Hall–Kier alpha value is -1.34. The molecule has 0 aromatic carbocycles. The summed E-state index contributed by atoms with van der Waals surface area (Å²) in [5, 5.41) is 2.69. The fraction of sp³-hybridized carbons (Fsp3) is 0.867. The van der Waals surface area contributed by atoms with E-state index in [1.807, 2.05) is 37.6 Å². The number of amides is 2. The highest BCUT2D eigenvalue weighted by atomic mass is 16.6. The van der Waals surface area contributed by atoms with Gasteiger partial charge in [-0.3, -0.25) is 9.69 Å². The molecule has 1 N–H and O–H groups in total. The molecule has 0 bridgehead atoms. The summed E-state index contributed by atoms with van der Waals surface area (Å²) in [6, 6.07) is 0. The molecular weight excluding hydrogens is 284 g/mol. The fourth-order valence-corrected chi connectivity index (χ4v) is 2.13. The van der Waals surface area contributed by atoms with E-state index in [1.54, 1.807) is 0 Å². The minimum atomic E-state index is -0.493. The number of nitrogens with one attached hydrogen (secondary N) is 1. The first-order valence-corrected chi connectivity index (χ1v) is 7.79. The third-order valence-electron chi connectivity index (χ3n) is 3.42. The van der Waals surface area contributed by atoms with Crippen LogP contribution in [0.3, 0.4) is 0 Å². The largest absolute Gasteiger partial charge is 0.444 e. The van der Waals surface area contributed by atoms with E-state index in [2.05, 4.69) is 17.3 Å². The number of ether oxygens (including phenoxy) is 1. The summed E-state index contributed by atoms with van der Waals surface area (Å²) in [4.78, 5) is 29.7. The van der Waals surface area contributed by atoms with Crippen LogP contribution in [0, 0.1) is 0 Å². The van der Waals surface area contributed by atoms with Crippen LogP contribution >= 0.6 is 0 Å². The number of nitrogens with zero attached hydrogens (tertiary/aromatic N) is 3. The van der Waals surface area contributed by atoms with Gasteiger partial charge in [0, 0.05) is 39.3 Å². The quantitative estimate of drug-likeness (QED) is 0.786. The van der Waals surface area contributed by atoms with E-state index in [4.69, 9.17) is 4.74 Å². The second-order valence-corrected chi connectivity index (χ2v) is 6.85. The lowest BCUT2D eigenvalue weighted by molar-refractivity contribution is -0.133. The number of alkyl carbamates (subject to hydrolysis) is 1. The van der Waals surface area contributed by atoms with E-state index in [0.717, 1.165) is 26.2 Å². The summed E-state index contributed by atoms with van der Waals surface area (Å²) in [6.07, 6.45) is -0.425. The van der Waals surface area contributed by atoms with Gasteiger partial charge in [-0.15, -0.1) is 0 Å². The summed E-state index contributed by atoms with van der Waals surface area (Å²) in [7, 11) is 3.95. The topological polar surface area (TPSA) is 65.1 Å². The Bertz CT molecular complexity index is 373. The van der Waals surface area contributed by atoms with Crippen molar-refractivity contribution >= 4 is 12.0 Å². The lowest BCUT2D eigenvalue weighted by Crippen LogP contribution is -2.50. The molecule has 1 aliphatic heterocycles. The average Bonchev–Trinajstić information content (AvgIpc) is 2.37. The fourth-order valence-electron chi connectivity index (χ4n) is 2.13. The smallest absolute Gasteiger partial charge is 0.407 e. The lowest BCUT2D eigenvalue weighted by atomic mass is 10.2. The summed E-state index contributed by atoms with van der Waals surface area (Å²) in [5.74, 6) is 0.146. The van der Waals surface area contributed by atoms with Gasteiger partial charge >= 0.3 is 6.09 Å². The molecule has 0 radical (unpaired) electrons. The average molecular weight is 314 g/mol. The first kappa shape index (κ1) is 18.7. The number of carbonyl (C=O) groups excluding carboxylic acids is 2. The van der Waals surface area contributed by atoms with Crippen molar-refractivity contribution < 1.29 is 14.3 Å². The Kier molecular flexibility index (Phi) is 7.09. The number of likely N-dealkylation sites (N-methyl/N-ethyl adjacent to an activating group) is 2. The van der Waals surface area contributed by atoms with Crippen LogP contribution in [0.1, 0.15) is 20.8 Å². The minimum absolute atomic E-state index is 0.146. The van der Waals surface area contributed by atoms with Gasteiger partial charge in [-0.2, -0.15) is 0 Å². The predicted molar refractivity (Wildman–Crippen MR) is 85.8 cm³/mol. The zero-order chi connectivity index (χ0) is 16.8. The Morgan fingerprint density at radius 2 is 1.77 bits per heavy atom. The van der Waals surface area contributed by atoms with Crippen LogP contribution in [0.4, 0.5) is 4.79 Å². The van der Waals surface area contributed by atoms with Gasteiger partial charge in [0.15, 0.2) is 0 Å². The third-order valence-corrected chi connectivity index (χ3v) is 3.42. The van der Waals surface area contributed by atoms with Crippen molar-refractivity contribution in [2.24, 2.45) is 0 Å². The Morgan fingerprint density at radius 3 is 2.32 bits per heavy atom.